The van der Waals surface area contributed by atoms with E-state index in [1.807, 2.05) is 0 Å². The Morgan fingerprint density at radius 1 is 1.32 bits per heavy atom. The van der Waals surface area contributed by atoms with Crippen molar-refractivity contribution in [2.45, 2.75) is 45.6 Å². The predicted molar refractivity (Wildman–Crippen MR) is 81.0 cm³/mol. The Hall–Kier alpha value is -1.91. The van der Waals surface area contributed by atoms with E-state index in [4.69, 9.17) is 4.74 Å². The van der Waals surface area contributed by atoms with Crippen molar-refractivity contribution in [3.63, 3.8) is 0 Å². The number of ether oxygens (including phenoxy) is 1. The van der Waals surface area contributed by atoms with Crippen LogP contribution in [0.2, 0.25) is 0 Å². The van der Waals surface area contributed by atoms with E-state index in [0.29, 0.717) is 11.5 Å². The highest BCUT2D eigenvalue weighted by atomic mass is 19.1. The van der Waals surface area contributed by atoms with Crippen molar-refractivity contribution in [3.05, 3.63) is 35.1 Å². The maximum Gasteiger partial charge on any atom is 0.338 e. The molecule has 1 saturated carbocycles. The Balaban J connectivity index is 1.82. The average Bonchev–Trinajstić information content (AvgIpc) is 2.50. The number of esters is 1. The van der Waals surface area contributed by atoms with Gasteiger partial charge in [-0.1, -0.05) is 25.8 Å². The van der Waals surface area contributed by atoms with Gasteiger partial charge < -0.3 is 10.1 Å². The maximum atomic E-state index is 13.4. The highest BCUT2D eigenvalue weighted by molar-refractivity contribution is 5.91. The van der Waals surface area contributed by atoms with Crippen LogP contribution < -0.4 is 5.32 Å². The molecule has 0 aromatic heterocycles. The summed E-state index contributed by atoms with van der Waals surface area (Å²) in [7, 11) is 0. The second-order valence-electron chi connectivity index (χ2n) is 5.98. The van der Waals surface area contributed by atoms with Crippen molar-refractivity contribution in [1.29, 1.82) is 0 Å². The number of carbonyl (C=O) groups is 2. The van der Waals surface area contributed by atoms with Crippen molar-refractivity contribution < 1.29 is 18.7 Å². The quantitative estimate of drug-likeness (QED) is 0.870. The molecule has 1 aromatic rings. The normalized spacial score (nSPS) is 21.2. The molecule has 0 saturated heterocycles. The van der Waals surface area contributed by atoms with Gasteiger partial charge in [-0.15, -0.1) is 0 Å². The van der Waals surface area contributed by atoms with Gasteiger partial charge in [-0.3, -0.25) is 4.79 Å². The van der Waals surface area contributed by atoms with Crippen LogP contribution in [0.4, 0.5) is 4.39 Å². The molecule has 0 unspecified atom stereocenters. The molecule has 5 heteroatoms. The fourth-order valence-electron chi connectivity index (χ4n) is 2.71. The van der Waals surface area contributed by atoms with Crippen molar-refractivity contribution in [1.82, 2.24) is 5.32 Å². The summed E-state index contributed by atoms with van der Waals surface area (Å²) >= 11 is 0. The lowest BCUT2D eigenvalue weighted by atomic mass is 9.86. The minimum absolute atomic E-state index is 0.113. The summed E-state index contributed by atoms with van der Waals surface area (Å²) in [5.74, 6) is -1.01. The first-order chi connectivity index (χ1) is 10.5. The smallest absolute Gasteiger partial charge is 0.338 e. The molecule has 0 bridgehead atoms. The molecular weight excluding hydrogens is 285 g/mol. The third-order valence-corrected chi connectivity index (χ3v) is 4.20. The Kier molecular flexibility index (Phi) is 5.52. The first-order valence-corrected chi connectivity index (χ1v) is 7.70. The molecule has 1 fully saturated rings. The van der Waals surface area contributed by atoms with Gasteiger partial charge in [0, 0.05) is 6.04 Å². The van der Waals surface area contributed by atoms with E-state index >= 15 is 0 Å². The van der Waals surface area contributed by atoms with E-state index < -0.39 is 11.8 Å². The molecule has 4 nitrogen and oxygen atoms in total. The number of carbonyl (C=O) groups excluding carboxylic acids is 2. The van der Waals surface area contributed by atoms with Crippen LogP contribution in [0, 0.1) is 18.7 Å². The standard InChI is InChI=1S/C17H22FNO3/c1-11-7-8-13(9-14(11)18)17(21)22-10-16(20)19-15-6-4-3-5-12(15)2/h7-9,12,15H,3-6,10H2,1-2H3,(H,19,20)/t12-,15+/m1/s1. The van der Waals surface area contributed by atoms with Crippen molar-refractivity contribution in [2.75, 3.05) is 6.61 Å². The molecule has 1 amide bonds. The molecule has 0 spiro atoms. The maximum absolute atomic E-state index is 13.4. The highest BCUT2D eigenvalue weighted by Crippen LogP contribution is 2.23. The van der Waals surface area contributed by atoms with Crippen LogP contribution in [0.1, 0.15) is 48.5 Å². The van der Waals surface area contributed by atoms with Gasteiger partial charge in [0.2, 0.25) is 0 Å². The van der Waals surface area contributed by atoms with Gasteiger partial charge in [-0.05, 0) is 43.4 Å². The van der Waals surface area contributed by atoms with E-state index in [1.54, 1.807) is 6.92 Å². The van der Waals surface area contributed by atoms with E-state index in [9.17, 15) is 14.0 Å². The van der Waals surface area contributed by atoms with Gasteiger partial charge in [0.25, 0.3) is 5.91 Å². The lowest BCUT2D eigenvalue weighted by Gasteiger charge is -2.29. The zero-order valence-electron chi connectivity index (χ0n) is 13.0. The Morgan fingerprint density at radius 2 is 2.05 bits per heavy atom. The van der Waals surface area contributed by atoms with E-state index in [1.165, 1.54) is 18.6 Å². The Morgan fingerprint density at radius 3 is 2.73 bits per heavy atom. The first kappa shape index (κ1) is 16.5. The second-order valence-corrected chi connectivity index (χ2v) is 5.98. The van der Waals surface area contributed by atoms with E-state index in [-0.39, 0.29) is 24.1 Å². The highest BCUT2D eigenvalue weighted by Gasteiger charge is 2.23. The molecule has 1 aliphatic rings. The van der Waals surface area contributed by atoms with Crippen LogP contribution in [0.15, 0.2) is 18.2 Å². The van der Waals surface area contributed by atoms with Crippen LogP contribution in [0.25, 0.3) is 0 Å². The Labute approximate surface area is 130 Å². The van der Waals surface area contributed by atoms with Crippen LogP contribution in [0.3, 0.4) is 0 Å². The minimum Gasteiger partial charge on any atom is -0.452 e. The number of amides is 1. The fraction of sp³-hybridized carbons (Fsp3) is 0.529. The number of nitrogens with one attached hydrogen (secondary N) is 1. The van der Waals surface area contributed by atoms with Crippen LogP contribution in [-0.4, -0.2) is 24.5 Å². The zero-order valence-corrected chi connectivity index (χ0v) is 13.0. The van der Waals surface area contributed by atoms with E-state index in [2.05, 4.69) is 12.2 Å². The monoisotopic (exact) mass is 307 g/mol. The summed E-state index contributed by atoms with van der Waals surface area (Å²) in [5.41, 5.74) is 0.572. The summed E-state index contributed by atoms with van der Waals surface area (Å²) in [4.78, 5) is 23.7. The molecule has 2 atom stereocenters. The minimum atomic E-state index is -0.689. The molecule has 2 rings (SSSR count). The van der Waals surface area contributed by atoms with Crippen LogP contribution in [-0.2, 0) is 9.53 Å². The van der Waals surface area contributed by atoms with Gasteiger partial charge in [0.1, 0.15) is 5.82 Å². The SMILES string of the molecule is Cc1ccc(C(=O)OCC(=O)N[C@H]2CCCC[C@H]2C)cc1F. The summed E-state index contributed by atoms with van der Waals surface area (Å²) in [5, 5.41) is 2.91. The van der Waals surface area contributed by atoms with Crippen molar-refractivity contribution >= 4 is 11.9 Å². The molecule has 1 aliphatic carbocycles. The molecule has 0 heterocycles. The molecule has 0 aliphatic heterocycles. The largest absolute Gasteiger partial charge is 0.452 e. The third-order valence-electron chi connectivity index (χ3n) is 4.20. The number of halogens is 1. The molecule has 22 heavy (non-hydrogen) atoms. The topological polar surface area (TPSA) is 55.4 Å². The average molecular weight is 307 g/mol. The van der Waals surface area contributed by atoms with Gasteiger partial charge in [-0.25, -0.2) is 9.18 Å². The Bertz CT molecular complexity index is 559. The van der Waals surface area contributed by atoms with Crippen LogP contribution >= 0.6 is 0 Å². The number of benzene rings is 1. The van der Waals surface area contributed by atoms with Gasteiger partial charge in [0.15, 0.2) is 6.61 Å². The summed E-state index contributed by atoms with van der Waals surface area (Å²) in [6.45, 7) is 3.39. The summed E-state index contributed by atoms with van der Waals surface area (Å²) < 4.78 is 18.3. The summed E-state index contributed by atoms with van der Waals surface area (Å²) in [6.07, 6.45) is 4.37. The first-order valence-electron chi connectivity index (χ1n) is 7.70. The van der Waals surface area contributed by atoms with Crippen LogP contribution in [0.5, 0.6) is 0 Å². The van der Waals surface area contributed by atoms with Gasteiger partial charge >= 0.3 is 5.97 Å². The molecule has 1 aromatic carbocycles. The second kappa shape index (κ2) is 7.38. The lowest BCUT2D eigenvalue weighted by molar-refractivity contribution is -0.125. The fourth-order valence-corrected chi connectivity index (χ4v) is 2.71. The summed E-state index contributed by atoms with van der Waals surface area (Å²) in [6, 6.07) is 4.27. The van der Waals surface area contributed by atoms with E-state index in [0.717, 1.165) is 25.3 Å². The number of hydrogen-bond acceptors (Lipinski definition) is 3. The molecule has 1 N–H and O–H groups in total. The van der Waals surface area contributed by atoms with Crippen molar-refractivity contribution in [3.8, 4) is 0 Å². The molecule has 120 valence electrons. The number of aryl methyl sites for hydroxylation is 1. The third kappa shape index (κ3) is 4.29. The lowest BCUT2D eigenvalue weighted by Crippen LogP contribution is -2.42. The van der Waals surface area contributed by atoms with Gasteiger partial charge in [0.05, 0.1) is 5.56 Å². The zero-order chi connectivity index (χ0) is 16.1. The van der Waals surface area contributed by atoms with Crippen molar-refractivity contribution in [2.24, 2.45) is 5.92 Å². The molecule has 0 radical (unpaired) electrons. The number of hydrogen-bond donors (Lipinski definition) is 1. The molecular formula is C17H22FNO3. The van der Waals surface area contributed by atoms with Gasteiger partial charge in [-0.2, -0.15) is 0 Å². The predicted octanol–water partition coefficient (Wildman–Crippen LogP) is 2.99. The number of rotatable bonds is 4.